The van der Waals surface area contributed by atoms with Crippen LogP contribution in [0.15, 0.2) is 53.4 Å². The monoisotopic (exact) mass is 419 g/mol. The molecule has 0 radical (unpaired) electrons. The van der Waals surface area contributed by atoms with Crippen LogP contribution in [0.25, 0.3) is 0 Å². The molecule has 9 nitrogen and oxygen atoms in total. The number of nitro groups is 1. The van der Waals surface area contributed by atoms with E-state index in [4.69, 9.17) is 0 Å². The molecule has 0 bridgehead atoms. The number of nitrogens with zero attached hydrogens (tertiary/aromatic N) is 1. The Labute approximate surface area is 168 Å². The van der Waals surface area contributed by atoms with E-state index in [0.717, 1.165) is 29.8 Å². The fraction of sp³-hybridized carbons (Fsp3) is 0.263. The van der Waals surface area contributed by atoms with Crippen molar-refractivity contribution in [3.05, 3.63) is 64.2 Å². The van der Waals surface area contributed by atoms with Gasteiger partial charge in [-0.25, -0.2) is 8.42 Å². The number of carbonyl (C=O) groups excluding carboxylic acids is 2. The summed E-state index contributed by atoms with van der Waals surface area (Å²) in [7, 11) is -4.06. The van der Waals surface area contributed by atoms with Crippen molar-refractivity contribution >= 4 is 33.0 Å². The van der Waals surface area contributed by atoms with Crippen LogP contribution in [0.5, 0.6) is 0 Å². The Hall–Kier alpha value is -3.27. The van der Waals surface area contributed by atoms with Crippen LogP contribution in [-0.4, -0.2) is 37.0 Å². The third-order valence-electron chi connectivity index (χ3n) is 4.31. The van der Waals surface area contributed by atoms with E-state index in [2.05, 4.69) is 10.6 Å². The molecule has 0 aromatic heterocycles. The minimum atomic E-state index is -4.06. The van der Waals surface area contributed by atoms with Gasteiger partial charge >= 0.3 is 0 Å². The Morgan fingerprint density at radius 3 is 2.31 bits per heavy atom. The number of aryl methyl sites for hydroxylation is 1. The predicted octanol–water partition coefficient (Wildman–Crippen LogP) is 2.07. The van der Waals surface area contributed by atoms with Crippen LogP contribution in [-0.2, 0) is 25.8 Å². The predicted molar refractivity (Wildman–Crippen MR) is 107 cm³/mol. The first kappa shape index (κ1) is 22.0. The Morgan fingerprint density at radius 2 is 1.72 bits per heavy atom. The van der Waals surface area contributed by atoms with Gasteiger partial charge in [-0.1, -0.05) is 25.1 Å². The number of rotatable bonds is 8. The molecule has 29 heavy (non-hydrogen) atoms. The van der Waals surface area contributed by atoms with E-state index in [1.165, 1.54) is 6.92 Å². The summed E-state index contributed by atoms with van der Waals surface area (Å²) in [6, 6.07) is 11.5. The molecule has 2 aromatic carbocycles. The maximum Gasteiger partial charge on any atom is 0.269 e. The van der Waals surface area contributed by atoms with E-state index in [1.807, 2.05) is 19.1 Å². The summed E-state index contributed by atoms with van der Waals surface area (Å²) in [5.41, 5.74) is 1.30. The summed E-state index contributed by atoms with van der Waals surface area (Å²) < 4.78 is 25.1. The molecular weight excluding hydrogens is 398 g/mol. The smallest absolute Gasteiger partial charge is 0.269 e. The number of sulfone groups is 1. The molecule has 0 heterocycles. The molecule has 0 aliphatic rings. The fourth-order valence-electron chi connectivity index (χ4n) is 2.56. The molecule has 2 amide bonds. The summed E-state index contributed by atoms with van der Waals surface area (Å²) in [4.78, 5) is 34.1. The van der Waals surface area contributed by atoms with Gasteiger partial charge in [-0.15, -0.1) is 0 Å². The summed E-state index contributed by atoms with van der Waals surface area (Å²) in [5, 5.41) is 14.2. The number of hydrogen-bond donors (Lipinski definition) is 2. The molecule has 2 rings (SSSR count). The van der Waals surface area contributed by atoms with Crippen molar-refractivity contribution < 1.29 is 22.9 Å². The molecule has 0 unspecified atom stereocenters. The number of nitro benzene ring substituents is 1. The lowest BCUT2D eigenvalue weighted by molar-refractivity contribution is -0.384. The number of nitrogens with one attached hydrogen (secondary N) is 2. The zero-order valence-corrected chi connectivity index (χ0v) is 16.7. The quantitative estimate of drug-likeness (QED) is 0.497. The second kappa shape index (κ2) is 9.28. The molecule has 1 atom stereocenters. The standard InChI is InChI=1S/C19H21N3O6S/c1-3-14-6-4-5-7-17(14)21-18(23)12-20-19(24)13(2)29(27,28)16-10-8-15(9-11-16)22(25)26/h4-11,13H,3,12H2,1-2H3,(H,20,24)(H,21,23)/t13-/m0/s1. The Kier molecular flexibility index (Phi) is 7.05. The van der Waals surface area contributed by atoms with Gasteiger partial charge in [-0.3, -0.25) is 19.7 Å². The van der Waals surface area contributed by atoms with Crippen molar-refractivity contribution in [3.63, 3.8) is 0 Å². The van der Waals surface area contributed by atoms with Gasteiger partial charge in [0, 0.05) is 17.8 Å². The molecule has 0 spiro atoms. The number of non-ortho nitro benzene ring substituents is 1. The molecule has 0 saturated heterocycles. The first-order valence-electron chi connectivity index (χ1n) is 8.80. The van der Waals surface area contributed by atoms with E-state index < -0.39 is 38.4 Å². The third kappa shape index (κ3) is 5.38. The fourth-order valence-corrected chi connectivity index (χ4v) is 3.85. The highest BCUT2D eigenvalue weighted by molar-refractivity contribution is 7.92. The van der Waals surface area contributed by atoms with Crippen molar-refractivity contribution in [2.24, 2.45) is 0 Å². The van der Waals surface area contributed by atoms with Crippen LogP contribution in [0.3, 0.4) is 0 Å². The number of carbonyl (C=O) groups is 2. The van der Waals surface area contributed by atoms with E-state index in [1.54, 1.807) is 12.1 Å². The Bertz CT molecular complexity index is 1020. The van der Waals surface area contributed by atoms with Crippen molar-refractivity contribution in [2.45, 2.75) is 30.4 Å². The van der Waals surface area contributed by atoms with Crippen LogP contribution in [0.4, 0.5) is 11.4 Å². The van der Waals surface area contributed by atoms with Gasteiger partial charge in [0.05, 0.1) is 16.4 Å². The van der Waals surface area contributed by atoms with Gasteiger partial charge in [-0.05, 0) is 37.1 Å². The van der Waals surface area contributed by atoms with Crippen molar-refractivity contribution in [1.82, 2.24) is 5.32 Å². The maximum atomic E-state index is 12.5. The summed E-state index contributed by atoms with van der Waals surface area (Å²) in [5.74, 6) is -1.33. The zero-order valence-electron chi connectivity index (χ0n) is 15.9. The molecule has 2 N–H and O–H groups in total. The van der Waals surface area contributed by atoms with Crippen LogP contribution in [0.2, 0.25) is 0 Å². The van der Waals surface area contributed by atoms with Crippen LogP contribution in [0, 0.1) is 10.1 Å². The summed E-state index contributed by atoms with van der Waals surface area (Å²) in [6.07, 6.45) is 0.716. The number of hydrogen-bond acceptors (Lipinski definition) is 6. The average Bonchev–Trinajstić information content (AvgIpc) is 2.71. The number of anilines is 1. The van der Waals surface area contributed by atoms with Crippen molar-refractivity contribution in [2.75, 3.05) is 11.9 Å². The molecule has 10 heteroatoms. The number of amides is 2. The van der Waals surface area contributed by atoms with E-state index in [-0.39, 0.29) is 10.6 Å². The third-order valence-corrected chi connectivity index (χ3v) is 6.38. The zero-order chi connectivity index (χ0) is 21.6. The molecule has 0 aliphatic carbocycles. The Balaban J connectivity index is 2.00. The highest BCUT2D eigenvalue weighted by Gasteiger charge is 2.30. The van der Waals surface area contributed by atoms with Crippen molar-refractivity contribution in [3.8, 4) is 0 Å². The van der Waals surface area contributed by atoms with E-state index in [9.17, 15) is 28.1 Å². The van der Waals surface area contributed by atoms with Crippen LogP contribution in [0.1, 0.15) is 19.4 Å². The Morgan fingerprint density at radius 1 is 1.10 bits per heavy atom. The molecule has 0 saturated carbocycles. The lowest BCUT2D eigenvalue weighted by atomic mass is 10.1. The number of para-hydroxylation sites is 1. The lowest BCUT2D eigenvalue weighted by Gasteiger charge is -2.14. The molecule has 2 aromatic rings. The number of benzene rings is 2. The minimum Gasteiger partial charge on any atom is -0.346 e. The molecule has 154 valence electrons. The second-order valence-corrected chi connectivity index (χ2v) is 8.48. The molecule has 0 fully saturated rings. The average molecular weight is 419 g/mol. The largest absolute Gasteiger partial charge is 0.346 e. The highest BCUT2D eigenvalue weighted by atomic mass is 32.2. The van der Waals surface area contributed by atoms with Gasteiger partial charge in [0.15, 0.2) is 9.84 Å². The maximum absolute atomic E-state index is 12.5. The van der Waals surface area contributed by atoms with E-state index in [0.29, 0.717) is 12.1 Å². The van der Waals surface area contributed by atoms with Crippen LogP contribution >= 0.6 is 0 Å². The van der Waals surface area contributed by atoms with Gasteiger partial charge in [0.25, 0.3) is 5.69 Å². The van der Waals surface area contributed by atoms with Crippen molar-refractivity contribution in [1.29, 1.82) is 0 Å². The first-order valence-corrected chi connectivity index (χ1v) is 10.3. The second-order valence-electron chi connectivity index (χ2n) is 6.21. The SMILES string of the molecule is CCc1ccccc1NC(=O)CNC(=O)[C@H](C)S(=O)(=O)c1ccc([N+](=O)[O-])cc1. The molecular formula is C19H21N3O6S. The first-order chi connectivity index (χ1) is 13.7. The summed E-state index contributed by atoms with van der Waals surface area (Å²) in [6.45, 7) is 2.74. The molecule has 0 aliphatic heterocycles. The lowest BCUT2D eigenvalue weighted by Crippen LogP contribution is -2.41. The van der Waals surface area contributed by atoms with Gasteiger partial charge in [0.1, 0.15) is 5.25 Å². The topological polar surface area (TPSA) is 135 Å². The summed E-state index contributed by atoms with van der Waals surface area (Å²) >= 11 is 0. The van der Waals surface area contributed by atoms with Crippen LogP contribution < -0.4 is 10.6 Å². The van der Waals surface area contributed by atoms with Gasteiger partial charge in [-0.2, -0.15) is 0 Å². The van der Waals surface area contributed by atoms with Gasteiger partial charge in [0.2, 0.25) is 11.8 Å². The minimum absolute atomic E-state index is 0.216. The van der Waals surface area contributed by atoms with Gasteiger partial charge < -0.3 is 10.6 Å². The normalized spacial score (nSPS) is 12.1. The highest BCUT2D eigenvalue weighted by Crippen LogP contribution is 2.20. The van der Waals surface area contributed by atoms with E-state index >= 15 is 0 Å².